The van der Waals surface area contributed by atoms with E-state index in [1.54, 1.807) is 41.5 Å². The summed E-state index contributed by atoms with van der Waals surface area (Å²) in [6.07, 6.45) is 2.79. The fraction of sp³-hybridized carbons (Fsp3) is 0.444. The second-order valence-corrected chi connectivity index (χ2v) is 13.5. The van der Waals surface area contributed by atoms with Gasteiger partial charge in [0.05, 0.1) is 31.9 Å². The standard InChI is InChI=1S/C36H45N3O7S.BrH/c1-6-44-30-19-24-21-39(34(37)26(24)20-27(30)35(43)38-5)22-29(40)23-17-28(36(2,3)4)33(46-14-8-7-13-32(41)42)31(18-23)45-15-9-11-25-12-10-16-47-25;/h10,12,16-20,37H,6-9,11,13-15,21-22H2,1-5H3,(H,38,43)(H,41,42);1H. The second-order valence-electron chi connectivity index (χ2n) is 12.5. The number of fused-ring (bicyclic) bond motifs is 1. The summed E-state index contributed by atoms with van der Waals surface area (Å²) in [5, 5.41) is 22.5. The van der Waals surface area contributed by atoms with Gasteiger partial charge in [-0.1, -0.05) is 26.8 Å². The van der Waals surface area contributed by atoms with Crippen LogP contribution in [0.25, 0.3) is 0 Å². The summed E-state index contributed by atoms with van der Waals surface area (Å²) in [5.41, 5.74) is 2.62. The SMILES string of the molecule is Br.CCOc1cc2c(cc1C(=O)NC)C(=N)N(CC(=O)c1cc(OCCCc3cccs3)c(OCCCCC(=O)O)c(C(C)(C)C)c1)C2. The first-order valence-electron chi connectivity index (χ1n) is 16.0. The Kier molecular flexibility index (Phi) is 14.0. The predicted octanol–water partition coefficient (Wildman–Crippen LogP) is 7.05. The van der Waals surface area contributed by atoms with Gasteiger partial charge in [0.1, 0.15) is 11.6 Å². The Hall–Kier alpha value is -3.90. The van der Waals surface area contributed by atoms with Crippen LogP contribution in [0.3, 0.4) is 0 Å². The Morgan fingerprint density at radius 2 is 1.77 bits per heavy atom. The average Bonchev–Trinajstić information content (AvgIpc) is 3.65. The normalized spacial score (nSPS) is 12.3. The number of hydrogen-bond acceptors (Lipinski definition) is 8. The molecule has 0 saturated carbocycles. The van der Waals surface area contributed by atoms with Gasteiger partial charge in [-0.3, -0.25) is 19.8 Å². The van der Waals surface area contributed by atoms with Gasteiger partial charge in [0.25, 0.3) is 5.91 Å². The van der Waals surface area contributed by atoms with Crippen LogP contribution < -0.4 is 19.5 Å². The molecule has 48 heavy (non-hydrogen) atoms. The maximum absolute atomic E-state index is 13.9. The van der Waals surface area contributed by atoms with Gasteiger partial charge in [-0.05, 0) is 79.3 Å². The lowest BCUT2D eigenvalue weighted by molar-refractivity contribution is -0.137. The number of hydrogen-bond donors (Lipinski definition) is 3. The van der Waals surface area contributed by atoms with Crippen molar-refractivity contribution in [2.45, 2.75) is 71.8 Å². The summed E-state index contributed by atoms with van der Waals surface area (Å²) in [7, 11) is 1.55. The number of carboxylic acid groups (broad SMARTS) is 1. The highest BCUT2D eigenvalue weighted by atomic mass is 79.9. The number of benzene rings is 2. The number of halogens is 1. The number of Topliss-reactive ketones (excluding diaryl/α,β-unsaturated/α-hetero) is 1. The van der Waals surface area contributed by atoms with Gasteiger partial charge >= 0.3 is 5.97 Å². The van der Waals surface area contributed by atoms with Crippen LogP contribution >= 0.6 is 28.3 Å². The van der Waals surface area contributed by atoms with E-state index in [1.807, 2.05) is 39.8 Å². The molecule has 0 fully saturated rings. The van der Waals surface area contributed by atoms with Crippen molar-refractivity contribution >= 4 is 51.8 Å². The van der Waals surface area contributed by atoms with E-state index in [2.05, 4.69) is 16.8 Å². The van der Waals surface area contributed by atoms with Crippen molar-refractivity contribution in [1.29, 1.82) is 5.41 Å². The van der Waals surface area contributed by atoms with Gasteiger partial charge in [-0.2, -0.15) is 0 Å². The van der Waals surface area contributed by atoms with Crippen molar-refractivity contribution in [3.05, 3.63) is 74.5 Å². The molecule has 4 rings (SSSR count). The van der Waals surface area contributed by atoms with Crippen molar-refractivity contribution in [1.82, 2.24) is 10.2 Å². The first-order chi connectivity index (χ1) is 22.4. The number of ether oxygens (including phenoxy) is 3. The third-order valence-electron chi connectivity index (χ3n) is 7.87. The van der Waals surface area contributed by atoms with E-state index in [0.717, 1.165) is 24.0 Å². The number of aliphatic carboxylic acids is 1. The van der Waals surface area contributed by atoms with E-state index in [1.165, 1.54) is 4.88 Å². The number of rotatable bonds is 17. The molecule has 0 saturated heterocycles. The molecule has 3 N–H and O–H groups in total. The Labute approximate surface area is 297 Å². The number of carbonyl (C=O) groups is 3. The minimum absolute atomic E-state index is 0. The van der Waals surface area contributed by atoms with Gasteiger partial charge in [0, 0.05) is 41.6 Å². The molecule has 260 valence electrons. The highest BCUT2D eigenvalue weighted by molar-refractivity contribution is 8.93. The van der Waals surface area contributed by atoms with E-state index in [9.17, 15) is 14.4 Å². The van der Waals surface area contributed by atoms with Crippen LogP contribution in [0.4, 0.5) is 0 Å². The molecule has 3 aromatic rings. The largest absolute Gasteiger partial charge is 0.493 e. The molecule has 1 aromatic heterocycles. The Bertz CT molecular complexity index is 1600. The lowest BCUT2D eigenvalue weighted by Crippen LogP contribution is -2.30. The van der Waals surface area contributed by atoms with E-state index < -0.39 is 11.4 Å². The fourth-order valence-electron chi connectivity index (χ4n) is 5.43. The van der Waals surface area contributed by atoms with E-state index in [4.69, 9.17) is 24.7 Å². The molecule has 12 heteroatoms. The number of carboxylic acids is 1. The summed E-state index contributed by atoms with van der Waals surface area (Å²) < 4.78 is 18.3. The van der Waals surface area contributed by atoms with Crippen LogP contribution in [0, 0.1) is 5.41 Å². The van der Waals surface area contributed by atoms with Crippen LogP contribution in [-0.4, -0.2) is 66.9 Å². The average molecular weight is 745 g/mol. The molecule has 0 aliphatic carbocycles. The third kappa shape index (κ3) is 9.82. The zero-order valence-corrected chi connectivity index (χ0v) is 30.8. The molecule has 1 aliphatic heterocycles. The van der Waals surface area contributed by atoms with Gasteiger partial charge in [0.2, 0.25) is 0 Å². The van der Waals surface area contributed by atoms with Crippen molar-refractivity contribution in [2.24, 2.45) is 0 Å². The van der Waals surface area contributed by atoms with Gasteiger partial charge in [0.15, 0.2) is 17.3 Å². The second kappa shape index (κ2) is 17.5. The van der Waals surface area contributed by atoms with Crippen LogP contribution in [0.1, 0.15) is 95.7 Å². The number of ketones is 1. The van der Waals surface area contributed by atoms with Crippen LogP contribution in [0.2, 0.25) is 0 Å². The lowest BCUT2D eigenvalue weighted by Gasteiger charge is -2.26. The zero-order valence-electron chi connectivity index (χ0n) is 28.3. The van der Waals surface area contributed by atoms with Crippen molar-refractivity contribution < 1.29 is 33.7 Å². The molecule has 0 unspecified atom stereocenters. The van der Waals surface area contributed by atoms with Crippen molar-refractivity contribution in [2.75, 3.05) is 33.4 Å². The molecule has 0 bridgehead atoms. The molecule has 0 spiro atoms. The Morgan fingerprint density at radius 3 is 2.42 bits per heavy atom. The fourth-order valence-corrected chi connectivity index (χ4v) is 6.18. The molecule has 10 nitrogen and oxygen atoms in total. The van der Waals surface area contributed by atoms with Gasteiger partial charge in [-0.25, -0.2) is 0 Å². The molecule has 2 aromatic carbocycles. The van der Waals surface area contributed by atoms with Gasteiger partial charge in [-0.15, -0.1) is 28.3 Å². The van der Waals surface area contributed by atoms with Crippen LogP contribution in [-0.2, 0) is 23.2 Å². The molecule has 0 radical (unpaired) electrons. The number of nitrogens with one attached hydrogen (secondary N) is 2. The van der Waals surface area contributed by atoms with E-state index in [-0.39, 0.29) is 47.5 Å². The van der Waals surface area contributed by atoms with E-state index >= 15 is 0 Å². The summed E-state index contributed by atoms with van der Waals surface area (Å²) in [4.78, 5) is 40.4. The quantitative estimate of drug-likeness (QED) is 0.0988. The van der Waals surface area contributed by atoms with Crippen LogP contribution in [0.5, 0.6) is 17.2 Å². The molecule has 1 amide bonds. The first kappa shape index (κ1) is 38.5. The third-order valence-corrected chi connectivity index (χ3v) is 8.80. The molecular weight excluding hydrogens is 698 g/mol. The van der Waals surface area contributed by atoms with Crippen molar-refractivity contribution in [3.63, 3.8) is 0 Å². The van der Waals surface area contributed by atoms with Crippen LogP contribution in [0.15, 0.2) is 41.8 Å². The smallest absolute Gasteiger partial charge is 0.303 e. The highest BCUT2D eigenvalue weighted by Crippen LogP contribution is 2.41. The van der Waals surface area contributed by atoms with E-state index in [0.29, 0.717) is 73.1 Å². The monoisotopic (exact) mass is 743 g/mol. The molecule has 0 atom stereocenters. The maximum atomic E-state index is 13.9. The first-order valence-corrected chi connectivity index (χ1v) is 16.9. The molecular formula is C36H46BrN3O7S. The lowest BCUT2D eigenvalue weighted by atomic mass is 9.84. The summed E-state index contributed by atoms with van der Waals surface area (Å²) >= 11 is 1.70. The molecule has 2 heterocycles. The van der Waals surface area contributed by atoms with Crippen molar-refractivity contribution in [3.8, 4) is 17.2 Å². The number of nitrogens with zero attached hydrogens (tertiary/aromatic N) is 1. The molecule has 1 aliphatic rings. The minimum Gasteiger partial charge on any atom is -0.493 e. The number of amidine groups is 1. The predicted molar refractivity (Wildman–Crippen MR) is 193 cm³/mol. The maximum Gasteiger partial charge on any atom is 0.303 e. The number of unbranched alkanes of at least 4 members (excludes halogenated alkanes) is 1. The topological polar surface area (TPSA) is 138 Å². The number of carbonyl (C=O) groups excluding carboxylic acids is 2. The summed E-state index contributed by atoms with van der Waals surface area (Å²) in [5.74, 6) is 0.327. The van der Waals surface area contributed by atoms with Gasteiger partial charge < -0.3 is 29.5 Å². The number of aryl methyl sites for hydroxylation is 1. The summed E-state index contributed by atoms with van der Waals surface area (Å²) in [6.45, 7) is 9.41. The number of thiophene rings is 1. The Balaban J connectivity index is 0.00000625. The summed E-state index contributed by atoms with van der Waals surface area (Å²) in [6, 6.07) is 11.1. The zero-order chi connectivity index (χ0) is 34.1. The Morgan fingerprint density at radius 1 is 1.02 bits per heavy atom. The minimum atomic E-state index is -0.839. The number of amides is 1. The highest BCUT2D eigenvalue weighted by Gasteiger charge is 2.31.